The fraction of sp³-hybridized carbons (Fsp3) is 0.481. The highest BCUT2D eigenvalue weighted by Gasteiger charge is 2.22. The molecule has 2 aliphatic heterocycles. The molecule has 2 saturated heterocycles. The third-order valence-corrected chi connectivity index (χ3v) is 6.98. The average Bonchev–Trinajstić information content (AvgIpc) is 3.39. The molecular formula is C27H32N4O2. The van der Waals surface area contributed by atoms with Gasteiger partial charge in [-0.3, -0.25) is 9.88 Å². The highest BCUT2D eigenvalue weighted by Crippen LogP contribution is 2.34. The molecule has 0 saturated carbocycles. The van der Waals surface area contributed by atoms with Crippen LogP contribution >= 0.6 is 0 Å². The van der Waals surface area contributed by atoms with Gasteiger partial charge in [0, 0.05) is 60.7 Å². The fourth-order valence-electron chi connectivity index (χ4n) is 5.02. The summed E-state index contributed by atoms with van der Waals surface area (Å²) in [5, 5.41) is 15.3. The van der Waals surface area contributed by atoms with E-state index in [-0.39, 0.29) is 0 Å². The smallest absolute Gasteiger partial charge is 0.0991 e. The van der Waals surface area contributed by atoms with Crippen molar-refractivity contribution in [3.05, 3.63) is 60.0 Å². The number of aromatic nitrogens is 1. The van der Waals surface area contributed by atoms with Crippen LogP contribution in [0.5, 0.6) is 0 Å². The van der Waals surface area contributed by atoms with Crippen molar-refractivity contribution >= 4 is 16.5 Å². The van der Waals surface area contributed by atoms with Crippen LogP contribution in [-0.4, -0.2) is 55.1 Å². The molecule has 0 radical (unpaired) electrons. The Bertz CT molecular complexity index is 1060. The molecule has 6 nitrogen and oxygen atoms in total. The van der Waals surface area contributed by atoms with Crippen molar-refractivity contribution in [3.63, 3.8) is 0 Å². The maximum absolute atomic E-state index is 9.13. The van der Waals surface area contributed by atoms with E-state index >= 15 is 0 Å². The molecule has 1 N–H and O–H groups in total. The van der Waals surface area contributed by atoms with Gasteiger partial charge in [0.15, 0.2) is 0 Å². The van der Waals surface area contributed by atoms with Gasteiger partial charge in [-0.15, -0.1) is 0 Å². The second-order valence-electron chi connectivity index (χ2n) is 9.31. The number of ether oxygens (including phenoxy) is 2. The molecule has 2 atom stereocenters. The number of anilines is 1. The van der Waals surface area contributed by atoms with Gasteiger partial charge in [-0.05, 0) is 61.3 Å². The van der Waals surface area contributed by atoms with Gasteiger partial charge in [0.2, 0.25) is 0 Å². The maximum atomic E-state index is 9.13. The highest BCUT2D eigenvalue weighted by molar-refractivity contribution is 5.94. The fourth-order valence-corrected chi connectivity index (χ4v) is 5.02. The number of hydrogen-bond acceptors (Lipinski definition) is 6. The summed E-state index contributed by atoms with van der Waals surface area (Å²) in [5.74, 6) is 0.294. The summed E-state index contributed by atoms with van der Waals surface area (Å²) in [5.41, 5.74) is 3.19. The minimum Gasteiger partial charge on any atom is -0.382 e. The number of piperidine rings is 1. The van der Waals surface area contributed by atoms with E-state index in [2.05, 4.69) is 45.5 Å². The lowest BCUT2D eigenvalue weighted by Gasteiger charge is -2.33. The molecule has 1 aromatic carbocycles. The highest BCUT2D eigenvalue weighted by atomic mass is 16.5. The number of likely N-dealkylation sites (tertiary alicyclic amines) is 1. The van der Waals surface area contributed by atoms with Crippen LogP contribution in [0.25, 0.3) is 10.8 Å². The SMILES string of the molecule is N#CC1=CCC(c2cc(NC3CCN(COCC4CCCO4)CC3)c3cnccc3c2)C=C1. The Hall–Kier alpha value is -2.72. The van der Waals surface area contributed by atoms with E-state index in [1.165, 1.54) is 10.9 Å². The summed E-state index contributed by atoms with van der Waals surface area (Å²) >= 11 is 0. The normalized spacial score (nSPS) is 24.0. The average molecular weight is 445 g/mol. The zero-order valence-corrected chi connectivity index (χ0v) is 19.1. The molecule has 3 aliphatic rings. The number of rotatable bonds is 7. The predicted molar refractivity (Wildman–Crippen MR) is 130 cm³/mol. The zero-order chi connectivity index (χ0) is 22.5. The molecular weight excluding hydrogens is 412 g/mol. The number of nitrogens with one attached hydrogen (secondary N) is 1. The molecule has 2 fully saturated rings. The van der Waals surface area contributed by atoms with Crippen molar-refractivity contribution in [2.24, 2.45) is 0 Å². The van der Waals surface area contributed by atoms with Crippen LogP contribution in [0.4, 0.5) is 5.69 Å². The molecule has 33 heavy (non-hydrogen) atoms. The van der Waals surface area contributed by atoms with Crippen LogP contribution in [0.3, 0.4) is 0 Å². The minimum atomic E-state index is 0.291. The summed E-state index contributed by atoms with van der Waals surface area (Å²) in [6.45, 7) is 4.36. The van der Waals surface area contributed by atoms with Crippen molar-refractivity contribution in [2.75, 3.05) is 38.4 Å². The summed E-state index contributed by atoms with van der Waals surface area (Å²) < 4.78 is 11.6. The molecule has 2 unspecified atom stereocenters. The van der Waals surface area contributed by atoms with Crippen molar-refractivity contribution in [1.82, 2.24) is 9.88 Å². The zero-order valence-electron chi connectivity index (χ0n) is 19.1. The summed E-state index contributed by atoms with van der Waals surface area (Å²) in [7, 11) is 0. The minimum absolute atomic E-state index is 0.291. The first-order valence-corrected chi connectivity index (χ1v) is 12.1. The number of nitrogens with zero attached hydrogens (tertiary/aromatic N) is 3. The molecule has 3 heterocycles. The molecule has 5 rings (SSSR count). The van der Waals surface area contributed by atoms with Crippen molar-refractivity contribution < 1.29 is 9.47 Å². The first-order chi connectivity index (χ1) is 16.3. The van der Waals surface area contributed by atoms with E-state index < -0.39 is 0 Å². The lowest BCUT2D eigenvalue weighted by atomic mass is 9.88. The molecule has 2 aromatic rings. The standard InChI is InChI=1S/C27H32N4O2/c28-16-20-3-5-21(6-4-20)23-14-22-7-10-29-17-26(22)27(15-23)30-24-8-11-31(12-9-24)19-32-18-25-2-1-13-33-25/h3-5,7,10,14-15,17,21,24-25,30H,1-2,6,8-9,11-13,18-19H2. The summed E-state index contributed by atoms with van der Waals surface area (Å²) in [6, 6.07) is 9.30. The number of allylic oxidation sites excluding steroid dienone is 4. The first-order valence-electron chi connectivity index (χ1n) is 12.1. The molecule has 0 amide bonds. The van der Waals surface area contributed by atoms with Crippen LogP contribution < -0.4 is 5.32 Å². The number of fused-ring (bicyclic) bond motifs is 1. The Morgan fingerprint density at radius 1 is 1.24 bits per heavy atom. The van der Waals surface area contributed by atoms with E-state index in [1.807, 2.05) is 24.5 Å². The van der Waals surface area contributed by atoms with Crippen LogP contribution in [0, 0.1) is 11.3 Å². The van der Waals surface area contributed by atoms with Crippen LogP contribution in [-0.2, 0) is 9.47 Å². The van der Waals surface area contributed by atoms with E-state index in [1.54, 1.807) is 0 Å². The van der Waals surface area contributed by atoms with Gasteiger partial charge in [0.05, 0.1) is 25.5 Å². The third-order valence-electron chi connectivity index (χ3n) is 6.98. The van der Waals surface area contributed by atoms with Crippen LogP contribution in [0.2, 0.25) is 0 Å². The Morgan fingerprint density at radius 2 is 2.15 bits per heavy atom. The predicted octanol–water partition coefficient (Wildman–Crippen LogP) is 4.76. The number of pyridine rings is 1. The second kappa shape index (κ2) is 10.5. The molecule has 1 aliphatic carbocycles. The van der Waals surface area contributed by atoms with E-state index in [0.717, 1.165) is 68.4 Å². The van der Waals surface area contributed by atoms with Crippen LogP contribution in [0.1, 0.15) is 43.6 Å². The van der Waals surface area contributed by atoms with Gasteiger partial charge >= 0.3 is 0 Å². The number of benzene rings is 1. The van der Waals surface area contributed by atoms with Gasteiger partial charge in [0.25, 0.3) is 0 Å². The Labute approximate surface area is 195 Å². The molecule has 6 heteroatoms. The quantitative estimate of drug-likeness (QED) is 0.664. The van der Waals surface area contributed by atoms with Gasteiger partial charge in [-0.25, -0.2) is 0 Å². The third kappa shape index (κ3) is 5.44. The second-order valence-corrected chi connectivity index (χ2v) is 9.31. The van der Waals surface area contributed by atoms with E-state index in [4.69, 9.17) is 14.7 Å². The van der Waals surface area contributed by atoms with Gasteiger partial charge in [-0.1, -0.05) is 18.2 Å². The van der Waals surface area contributed by atoms with Crippen molar-refractivity contribution in [1.29, 1.82) is 5.26 Å². The Morgan fingerprint density at radius 3 is 2.91 bits per heavy atom. The molecule has 1 aromatic heterocycles. The van der Waals surface area contributed by atoms with Gasteiger partial charge < -0.3 is 14.8 Å². The van der Waals surface area contributed by atoms with Gasteiger partial charge in [-0.2, -0.15) is 5.26 Å². The lowest BCUT2D eigenvalue weighted by molar-refractivity contribution is -0.0322. The number of nitriles is 1. The van der Waals surface area contributed by atoms with Crippen LogP contribution in [0.15, 0.2) is 54.4 Å². The number of hydrogen-bond donors (Lipinski definition) is 1. The Balaban J connectivity index is 1.21. The van der Waals surface area contributed by atoms with E-state index in [0.29, 0.717) is 31.4 Å². The Kier molecular flexibility index (Phi) is 7.01. The maximum Gasteiger partial charge on any atom is 0.0991 e. The summed E-state index contributed by atoms with van der Waals surface area (Å²) in [6.07, 6.45) is 15.6. The van der Waals surface area contributed by atoms with E-state index in [9.17, 15) is 0 Å². The monoisotopic (exact) mass is 444 g/mol. The topological polar surface area (TPSA) is 70.4 Å². The van der Waals surface area contributed by atoms with Crippen molar-refractivity contribution in [3.8, 4) is 6.07 Å². The molecule has 172 valence electrons. The lowest BCUT2D eigenvalue weighted by Crippen LogP contribution is -2.40. The largest absolute Gasteiger partial charge is 0.382 e. The molecule has 0 spiro atoms. The van der Waals surface area contributed by atoms with Gasteiger partial charge in [0.1, 0.15) is 0 Å². The first kappa shape index (κ1) is 22.1. The summed E-state index contributed by atoms with van der Waals surface area (Å²) in [4.78, 5) is 6.77. The van der Waals surface area contributed by atoms with Crippen molar-refractivity contribution in [2.45, 2.75) is 50.2 Å². The molecule has 0 bridgehead atoms.